The maximum Gasteiger partial charge on any atom is 0.411 e. The number of alkyl halides is 2. The molecule has 24 nitrogen and oxygen atoms in total. The molecule has 2 bridgehead atoms. The fraction of sp³-hybridized carbons (Fsp3) is 0.443. The summed E-state index contributed by atoms with van der Waals surface area (Å²) in [6.45, 7) is 7.19. The number of carbonyl (C=O) groups is 8. The molecule has 0 spiro atoms. The van der Waals surface area contributed by atoms with Crippen LogP contribution in [0.3, 0.4) is 0 Å². The van der Waals surface area contributed by atoms with Crippen molar-refractivity contribution >= 4 is 88.0 Å². The summed E-state index contributed by atoms with van der Waals surface area (Å²) in [7, 11) is 0. The van der Waals surface area contributed by atoms with E-state index in [4.69, 9.17) is 56.4 Å². The van der Waals surface area contributed by atoms with E-state index in [9.17, 15) is 49.1 Å². The number of rotatable bonds is 21. The average Bonchev–Trinajstić information content (AvgIpc) is 0.674. The Labute approximate surface area is 510 Å². The molecular weight excluding hydrogens is 1180 g/mol. The van der Waals surface area contributed by atoms with Crippen molar-refractivity contribution in [3.05, 3.63) is 147 Å². The van der Waals surface area contributed by atoms with Crippen molar-refractivity contribution in [3.63, 3.8) is 0 Å². The molecule has 3 aliphatic carbocycles. The Balaban J connectivity index is 1.17. The van der Waals surface area contributed by atoms with E-state index < -0.39 is 155 Å². The van der Waals surface area contributed by atoms with Crippen LogP contribution in [0.4, 0.5) is 26.7 Å². The molecule has 1 unspecified atom stereocenters. The third-order valence-corrected chi connectivity index (χ3v) is 17.1. The monoisotopic (exact) mass is 1240 g/mol. The van der Waals surface area contributed by atoms with Crippen LogP contribution in [-0.4, -0.2) is 155 Å². The van der Waals surface area contributed by atoms with Gasteiger partial charge in [-0.25, -0.2) is 19.2 Å². The molecule has 3 fully saturated rings. The smallest absolute Gasteiger partial charge is 0.411 e. The number of esters is 4. The predicted molar refractivity (Wildman–Crippen MR) is 312 cm³/mol. The lowest BCUT2D eigenvalue weighted by atomic mass is 9.44. The van der Waals surface area contributed by atoms with E-state index in [2.05, 4.69) is 16.0 Å². The molecule has 4 aromatic rings. The number of nitrogens with zero attached hydrogens (tertiary/aromatic N) is 2. The topological polar surface area (TPSA) is 324 Å². The Hall–Kier alpha value is -8.16. The number of ether oxygens (including phenoxy) is 7. The molecule has 5 N–H and O–H groups in total. The van der Waals surface area contributed by atoms with Gasteiger partial charge in [0.15, 0.2) is 17.5 Å². The number of amides is 3. The molecule has 8 rings (SSSR count). The van der Waals surface area contributed by atoms with Crippen LogP contribution in [0, 0.1) is 26.9 Å². The number of hydrogen-bond donors (Lipinski definition) is 5. The molecule has 4 aliphatic rings. The van der Waals surface area contributed by atoms with Gasteiger partial charge >= 0.3 is 36.1 Å². The average molecular weight is 1250 g/mol. The quantitative estimate of drug-likeness (QED) is 0.0108. The molecule has 1 heterocycles. The number of Topliss-reactive ketones (excluding diaryl/α,β-unsaturated/α-hetero) is 1. The highest BCUT2D eigenvalue weighted by molar-refractivity contribution is 6.18. The number of ketones is 1. The van der Waals surface area contributed by atoms with Gasteiger partial charge in [-0.05, 0) is 67.0 Å². The third-order valence-electron chi connectivity index (χ3n) is 16.8. The molecule has 11 atom stereocenters. The number of hydrogen-bond acceptors (Lipinski definition) is 20. The van der Waals surface area contributed by atoms with Crippen LogP contribution in [0.5, 0.6) is 0 Å². The number of anilines is 2. The second kappa shape index (κ2) is 26.8. The summed E-state index contributed by atoms with van der Waals surface area (Å²) in [4.78, 5) is 127. The fourth-order valence-electron chi connectivity index (χ4n) is 12.4. The van der Waals surface area contributed by atoms with Crippen LogP contribution in [0.15, 0.2) is 120 Å². The number of nitro groups is 1. The van der Waals surface area contributed by atoms with Crippen molar-refractivity contribution in [2.24, 2.45) is 16.7 Å². The molecule has 87 heavy (non-hydrogen) atoms. The van der Waals surface area contributed by atoms with Crippen LogP contribution < -0.4 is 20.9 Å². The number of halogens is 2. The minimum Gasteiger partial charge on any atom is -0.455 e. The molecular formula is C61H67Cl2N5O19. The molecule has 0 aromatic heterocycles. The molecule has 1 saturated heterocycles. The van der Waals surface area contributed by atoms with Gasteiger partial charge in [0.2, 0.25) is 6.10 Å². The first-order valence-corrected chi connectivity index (χ1v) is 28.9. The van der Waals surface area contributed by atoms with E-state index in [0.717, 1.165) is 13.8 Å². The highest BCUT2D eigenvalue weighted by Crippen LogP contribution is 2.64. The van der Waals surface area contributed by atoms with Crippen LogP contribution in [0.1, 0.15) is 86.7 Å². The minimum absolute atomic E-state index is 0.00387. The minimum atomic E-state index is -2.56. The first-order valence-electron chi connectivity index (χ1n) is 27.9. The summed E-state index contributed by atoms with van der Waals surface area (Å²) >= 11 is 11.9. The highest BCUT2D eigenvalue weighted by Gasteiger charge is 2.78. The summed E-state index contributed by atoms with van der Waals surface area (Å²) in [6, 6.07) is 25.8. The van der Waals surface area contributed by atoms with Gasteiger partial charge in [-0.2, -0.15) is 0 Å². The van der Waals surface area contributed by atoms with Crippen LogP contribution >= 0.6 is 23.2 Å². The predicted octanol–water partition coefficient (Wildman–Crippen LogP) is 6.91. The van der Waals surface area contributed by atoms with E-state index in [0.29, 0.717) is 18.8 Å². The second-order valence-electron chi connectivity index (χ2n) is 22.2. The number of fused-ring (bicyclic) bond motifs is 5. The molecule has 3 amide bonds. The number of aliphatic hydroxyl groups excluding tert-OH is 1. The van der Waals surface area contributed by atoms with Crippen molar-refractivity contribution in [3.8, 4) is 0 Å². The van der Waals surface area contributed by atoms with Gasteiger partial charge in [-0.1, -0.05) is 80.6 Å². The molecule has 0 radical (unpaired) electrons. The highest BCUT2D eigenvalue weighted by atomic mass is 35.5. The zero-order valence-electron chi connectivity index (χ0n) is 48.4. The maximum absolute atomic E-state index is 15.9. The molecule has 464 valence electrons. The Morgan fingerprint density at radius 2 is 1.46 bits per heavy atom. The second-order valence-corrected chi connectivity index (χ2v) is 23.0. The van der Waals surface area contributed by atoms with Gasteiger partial charge < -0.3 is 58.9 Å². The molecule has 26 heteroatoms. The van der Waals surface area contributed by atoms with Crippen molar-refractivity contribution in [1.82, 2.24) is 10.6 Å². The van der Waals surface area contributed by atoms with E-state index in [1.54, 1.807) is 59.5 Å². The SMILES string of the molecule is CC(=O)O[C@H]1C(=O)[C@@]2(C)C([C@H](OC(=O)c3ccccc3)[C@]3(O)C[C@H](OC(=O)[C@H](OC(=O)NCCOC(=O)Nc4cc(N(CCCl)CCCl)ccc4[N+](=O)[O-])[C@@H](NC(=O)c4ccccc4)c4ccccc4)C(C)=C1C3(C)C)[C@]1(OC(C)=O)CO[C@@H]1C[C@@H]2O. The Kier molecular flexibility index (Phi) is 20.0. The van der Waals surface area contributed by atoms with Gasteiger partial charge in [0.1, 0.15) is 42.2 Å². The lowest BCUT2D eigenvalue weighted by Gasteiger charge is -2.67. The molecule has 4 aromatic carbocycles. The van der Waals surface area contributed by atoms with E-state index >= 15 is 9.59 Å². The zero-order chi connectivity index (χ0) is 63.2. The first kappa shape index (κ1) is 64.8. The van der Waals surface area contributed by atoms with Crippen LogP contribution in [0.2, 0.25) is 0 Å². The summed E-state index contributed by atoms with van der Waals surface area (Å²) in [5, 5.41) is 45.8. The van der Waals surface area contributed by atoms with Gasteiger partial charge in [0.25, 0.3) is 11.6 Å². The van der Waals surface area contributed by atoms with Crippen molar-refractivity contribution in [2.75, 3.05) is 54.8 Å². The maximum atomic E-state index is 15.9. The van der Waals surface area contributed by atoms with Gasteiger partial charge in [0, 0.05) is 74.3 Å². The first-order chi connectivity index (χ1) is 41.3. The van der Waals surface area contributed by atoms with Gasteiger partial charge in [-0.3, -0.25) is 34.6 Å². The number of aliphatic hydroxyl groups is 2. The third kappa shape index (κ3) is 13.1. The lowest BCUT2D eigenvalue weighted by Crippen LogP contribution is -2.82. The Morgan fingerprint density at radius 1 is 0.839 bits per heavy atom. The number of nitrogens with one attached hydrogen (secondary N) is 3. The summed E-state index contributed by atoms with van der Waals surface area (Å²) in [5.74, 6) is -7.14. The number of benzene rings is 4. The standard InChI is InChI=1S/C61H67Cl2N5O19/c1-34-43(32-61(78)52(86-54(74)39-20-14-9-15-21-39)50-59(6,44(71)31-45-60(50,33-82-45)87-36(3)70)51(72)48(83-35(2)69)46(34)58(61,4)5)84-55(75)49(47(37-16-10-7-11-17-37)66-53(73)38-18-12-8-13-19-38)85-56(76)64-26-29-81-57(77)65-41-30-40(22-23-42(41)68(79)80)67(27-24-62)28-25-63/h7-23,30,43-45,47-50,52,71,78H,24-29,31-33H2,1-6H3,(H,64,76)(H,65,77)(H,66,73)/t43-,44-,45+,47-,48+,49+,50?,52-,59+,60-,61+/m0/s1. The summed E-state index contributed by atoms with van der Waals surface area (Å²) in [6.07, 6.45) is -14.0. The fourth-order valence-corrected chi connectivity index (χ4v) is 12.8. The normalized spacial score (nSPS) is 25.7. The van der Waals surface area contributed by atoms with E-state index in [1.165, 1.54) is 82.3 Å². The van der Waals surface area contributed by atoms with Crippen LogP contribution in [-0.2, 0) is 52.3 Å². The lowest BCUT2D eigenvalue weighted by molar-refractivity contribution is -0.383. The van der Waals surface area contributed by atoms with Crippen molar-refractivity contribution in [1.29, 1.82) is 0 Å². The van der Waals surface area contributed by atoms with E-state index in [1.807, 2.05) is 0 Å². The Morgan fingerprint density at radius 3 is 2.03 bits per heavy atom. The largest absolute Gasteiger partial charge is 0.455 e. The van der Waals surface area contributed by atoms with Gasteiger partial charge in [0.05, 0.1) is 41.1 Å². The van der Waals surface area contributed by atoms with Gasteiger partial charge in [-0.15, -0.1) is 23.2 Å². The zero-order valence-corrected chi connectivity index (χ0v) is 49.9. The molecule has 1 aliphatic heterocycles. The van der Waals surface area contributed by atoms with Crippen molar-refractivity contribution in [2.45, 2.75) is 108 Å². The van der Waals surface area contributed by atoms with Crippen LogP contribution in [0.25, 0.3) is 0 Å². The molecule has 2 saturated carbocycles. The summed E-state index contributed by atoms with van der Waals surface area (Å²) in [5.41, 5.74) is -8.38. The number of carbonyl (C=O) groups excluding carboxylic acids is 8. The van der Waals surface area contributed by atoms with Crippen molar-refractivity contribution < 1.29 is 86.7 Å². The summed E-state index contributed by atoms with van der Waals surface area (Å²) < 4.78 is 42.0. The number of alkyl carbamates (subject to hydrolysis) is 1. The number of nitro benzene ring substituents is 1. The van der Waals surface area contributed by atoms with E-state index in [-0.39, 0.29) is 51.7 Å². The Bertz CT molecular complexity index is 3300.